The highest BCUT2D eigenvalue weighted by molar-refractivity contribution is 5.75. The third kappa shape index (κ3) is 5.36. The molecule has 0 aliphatic carbocycles. The Bertz CT molecular complexity index is 342. The fraction of sp³-hybridized carbons (Fsp3) is 0.857. The van der Waals surface area contributed by atoms with Crippen molar-refractivity contribution in [2.45, 2.75) is 64.0 Å². The zero-order chi connectivity index (χ0) is 15.2. The van der Waals surface area contributed by atoms with Crippen LogP contribution in [0.15, 0.2) is 0 Å². The van der Waals surface area contributed by atoms with Gasteiger partial charge in [-0.25, -0.2) is 4.79 Å². The van der Waals surface area contributed by atoms with E-state index in [1.54, 1.807) is 4.90 Å². The number of amides is 2. The molecule has 1 rings (SSSR count). The van der Waals surface area contributed by atoms with Gasteiger partial charge in [-0.1, -0.05) is 0 Å². The molecular formula is C14H26N2O4. The minimum atomic E-state index is -0.858. The van der Waals surface area contributed by atoms with Crippen molar-refractivity contribution < 1.29 is 19.8 Å². The van der Waals surface area contributed by atoms with Gasteiger partial charge in [0.15, 0.2) is 0 Å². The molecular weight excluding hydrogens is 260 g/mol. The molecule has 1 aliphatic rings. The van der Waals surface area contributed by atoms with Crippen molar-refractivity contribution in [1.29, 1.82) is 0 Å². The molecule has 6 heteroatoms. The second kappa shape index (κ2) is 7.47. The number of urea groups is 1. The Hall–Kier alpha value is -1.30. The van der Waals surface area contributed by atoms with Crippen molar-refractivity contribution in [1.82, 2.24) is 10.2 Å². The summed E-state index contributed by atoms with van der Waals surface area (Å²) in [5, 5.41) is 20.7. The van der Waals surface area contributed by atoms with E-state index in [-0.39, 0.29) is 25.1 Å². The molecule has 1 unspecified atom stereocenters. The Morgan fingerprint density at radius 1 is 1.35 bits per heavy atom. The lowest BCUT2D eigenvalue weighted by Gasteiger charge is -2.38. The first-order valence-corrected chi connectivity index (χ1v) is 7.27. The van der Waals surface area contributed by atoms with Gasteiger partial charge in [0.25, 0.3) is 0 Å². The van der Waals surface area contributed by atoms with Crippen molar-refractivity contribution in [3.63, 3.8) is 0 Å². The maximum Gasteiger partial charge on any atom is 0.318 e. The molecule has 0 saturated carbocycles. The van der Waals surface area contributed by atoms with E-state index in [1.165, 1.54) is 0 Å². The Balaban J connectivity index is 2.56. The van der Waals surface area contributed by atoms with Crippen LogP contribution in [0, 0.1) is 0 Å². The van der Waals surface area contributed by atoms with Crippen molar-refractivity contribution >= 4 is 12.0 Å². The van der Waals surface area contributed by atoms with E-state index in [1.807, 2.05) is 13.8 Å². The number of hydrogen-bond acceptors (Lipinski definition) is 3. The molecule has 2 amide bonds. The molecule has 116 valence electrons. The van der Waals surface area contributed by atoms with E-state index in [0.29, 0.717) is 19.4 Å². The van der Waals surface area contributed by atoms with E-state index in [0.717, 1.165) is 19.3 Å². The van der Waals surface area contributed by atoms with Crippen LogP contribution in [0.1, 0.15) is 52.4 Å². The predicted octanol–water partition coefficient (Wildman–Crippen LogP) is 1.58. The maximum atomic E-state index is 12.3. The van der Waals surface area contributed by atoms with Gasteiger partial charge in [0, 0.05) is 31.2 Å². The number of aliphatic hydroxyl groups is 1. The first-order valence-electron chi connectivity index (χ1n) is 7.27. The van der Waals surface area contributed by atoms with Crippen LogP contribution in [-0.2, 0) is 4.79 Å². The molecule has 0 radical (unpaired) electrons. The number of rotatable bonds is 6. The molecule has 6 nitrogen and oxygen atoms in total. The number of carbonyl (C=O) groups excluding carboxylic acids is 1. The monoisotopic (exact) mass is 286 g/mol. The molecule has 3 N–H and O–H groups in total. The number of likely N-dealkylation sites (tertiary alicyclic amines) is 1. The van der Waals surface area contributed by atoms with Crippen LogP contribution in [0.4, 0.5) is 4.79 Å². The number of carboxylic acids is 1. The number of carbonyl (C=O) groups is 2. The van der Waals surface area contributed by atoms with Gasteiger partial charge >= 0.3 is 12.0 Å². The fourth-order valence-electron chi connectivity index (χ4n) is 2.56. The fourth-order valence-corrected chi connectivity index (χ4v) is 2.56. The quantitative estimate of drug-likeness (QED) is 0.691. The molecule has 0 aromatic carbocycles. The van der Waals surface area contributed by atoms with E-state index in [4.69, 9.17) is 10.2 Å². The number of piperidine rings is 1. The SMILES string of the molecule is CC(C)(CCC(=O)O)NC(=O)N1CCCCC1CCO. The standard InChI is InChI=1S/C14H26N2O4/c1-14(2,8-6-12(18)19)15-13(20)16-9-4-3-5-11(16)7-10-17/h11,17H,3-10H2,1-2H3,(H,15,20)(H,18,19). The number of aliphatic carboxylic acids is 1. The van der Waals surface area contributed by atoms with Gasteiger partial charge in [0.2, 0.25) is 0 Å². The van der Waals surface area contributed by atoms with Gasteiger partial charge in [0.05, 0.1) is 0 Å². The van der Waals surface area contributed by atoms with E-state index >= 15 is 0 Å². The summed E-state index contributed by atoms with van der Waals surface area (Å²) in [5.41, 5.74) is -0.545. The van der Waals surface area contributed by atoms with Crippen LogP contribution in [0.3, 0.4) is 0 Å². The summed E-state index contributed by atoms with van der Waals surface area (Å²) in [6.45, 7) is 4.44. The Morgan fingerprint density at radius 3 is 2.65 bits per heavy atom. The van der Waals surface area contributed by atoms with Crippen molar-refractivity contribution in [2.75, 3.05) is 13.2 Å². The molecule has 0 spiro atoms. The largest absolute Gasteiger partial charge is 0.481 e. The number of aliphatic hydroxyl groups excluding tert-OH is 1. The number of carboxylic acid groups (broad SMARTS) is 1. The van der Waals surface area contributed by atoms with Crippen molar-refractivity contribution in [2.24, 2.45) is 0 Å². The summed E-state index contributed by atoms with van der Waals surface area (Å²) in [6, 6.07) is -0.0671. The normalized spacial score (nSPS) is 19.8. The third-order valence-corrected chi connectivity index (χ3v) is 3.76. The van der Waals surface area contributed by atoms with Crippen molar-refractivity contribution in [3.8, 4) is 0 Å². The summed E-state index contributed by atoms with van der Waals surface area (Å²) in [4.78, 5) is 24.7. The first-order chi connectivity index (χ1) is 9.35. The van der Waals surface area contributed by atoms with Gasteiger partial charge in [0.1, 0.15) is 0 Å². The zero-order valence-electron chi connectivity index (χ0n) is 12.4. The maximum absolute atomic E-state index is 12.3. The molecule has 1 heterocycles. The van der Waals surface area contributed by atoms with Crippen molar-refractivity contribution in [3.05, 3.63) is 0 Å². The molecule has 1 aliphatic heterocycles. The summed E-state index contributed by atoms with van der Waals surface area (Å²) < 4.78 is 0. The minimum Gasteiger partial charge on any atom is -0.481 e. The summed E-state index contributed by atoms with van der Waals surface area (Å²) >= 11 is 0. The van der Waals surface area contributed by atoms with E-state index in [9.17, 15) is 9.59 Å². The molecule has 1 fully saturated rings. The molecule has 1 atom stereocenters. The summed E-state index contributed by atoms with van der Waals surface area (Å²) in [5.74, 6) is -0.858. The Morgan fingerprint density at radius 2 is 2.05 bits per heavy atom. The lowest BCUT2D eigenvalue weighted by atomic mass is 9.97. The first kappa shape index (κ1) is 16.8. The average molecular weight is 286 g/mol. The van der Waals surface area contributed by atoms with Gasteiger partial charge in [-0.2, -0.15) is 0 Å². The lowest BCUT2D eigenvalue weighted by Crippen LogP contribution is -2.54. The number of hydrogen-bond donors (Lipinski definition) is 3. The smallest absolute Gasteiger partial charge is 0.318 e. The topological polar surface area (TPSA) is 89.9 Å². The molecule has 20 heavy (non-hydrogen) atoms. The molecule has 1 saturated heterocycles. The second-order valence-corrected chi connectivity index (χ2v) is 6.06. The van der Waals surface area contributed by atoms with Gasteiger partial charge in [-0.15, -0.1) is 0 Å². The van der Waals surface area contributed by atoms with Crippen LogP contribution in [0.25, 0.3) is 0 Å². The number of nitrogens with zero attached hydrogens (tertiary/aromatic N) is 1. The minimum absolute atomic E-state index is 0.0351. The van der Waals surface area contributed by atoms with Crippen LogP contribution >= 0.6 is 0 Å². The average Bonchev–Trinajstić information content (AvgIpc) is 2.37. The van der Waals surface area contributed by atoms with Crippen LogP contribution in [0.5, 0.6) is 0 Å². The molecule has 0 bridgehead atoms. The highest BCUT2D eigenvalue weighted by atomic mass is 16.4. The summed E-state index contributed by atoms with van der Waals surface area (Å²) in [6.07, 6.45) is 4.01. The van der Waals surface area contributed by atoms with E-state index < -0.39 is 11.5 Å². The van der Waals surface area contributed by atoms with Crippen LogP contribution < -0.4 is 5.32 Å². The summed E-state index contributed by atoms with van der Waals surface area (Å²) in [7, 11) is 0. The lowest BCUT2D eigenvalue weighted by molar-refractivity contribution is -0.137. The molecule has 0 aromatic rings. The Labute approximate surface area is 120 Å². The predicted molar refractivity (Wildman–Crippen MR) is 75.5 cm³/mol. The number of nitrogens with one attached hydrogen (secondary N) is 1. The van der Waals surface area contributed by atoms with Gasteiger partial charge in [-0.3, -0.25) is 4.79 Å². The molecule has 0 aromatic heterocycles. The third-order valence-electron chi connectivity index (χ3n) is 3.76. The van der Waals surface area contributed by atoms with Gasteiger partial charge < -0.3 is 20.4 Å². The van der Waals surface area contributed by atoms with Crippen LogP contribution in [0.2, 0.25) is 0 Å². The van der Waals surface area contributed by atoms with E-state index in [2.05, 4.69) is 5.32 Å². The van der Waals surface area contributed by atoms with Crippen LogP contribution in [-0.4, -0.2) is 51.8 Å². The Kier molecular flexibility index (Phi) is 6.26. The zero-order valence-corrected chi connectivity index (χ0v) is 12.4. The second-order valence-electron chi connectivity index (χ2n) is 6.06. The van der Waals surface area contributed by atoms with Gasteiger partial charge in [-0.05, 0) is 46.0 Å². The highest BCUT2D eigenvalue weighted by Crippen LogP contribution is 2.21. The highest BCUT2D eigenvalue weighted by Gasteiger charge is 2.30.